The number of nitrogens with zero attached hydrogens (tertiary/aromatic N) is 2. The number of benzene rings is 1. The Kier molecular flexibility index (Phi) is 1.59. The predicted molar refractivity (Wildman–Crippen MR) is 45.0 cm³/mol. The van der Waals surface area contributed by atoms with Gasteiger partial charge in [0.1, 0.15) is 12.0 Å². The molecule has 6 heteroatoms. The summed E-state index contributed by atoms with van der Waals surface area (Å²) in [5, 5.41) is 10.4. The van der Waals surface area contributed by atoms with Crippen LogP contribution >= 0.6 is 0 Å². The third kappa shape index (κ3) is 1.28. The molecule has 1 aromatic carbocycles. The summed E-state index contributed by atoms with van der Waals surface area (Å²) in [6, 6.07) is 4.23. The van der Waals surface area contributed by atoms with E-state index in [1.54, 1.807) is 0 Å². The average molecular weight is 179 g/mol. The van der Waals surface area contributed by atoms with Crippen LogP contribution in [0.4, 0.5) is 11.4 Å². The summed E-state index contributed by atoms with van der Waals surface area (Å²) in [5.74, 6) is 0.358. The fourth-order valence-electron chi connectivity index (χ4n) is 0.991. The molecule has 0 unspecified atom stereocenters. The Morgan fingerprint density at radius 1 is 1.54 bits per heavy atom. The smallest absolute Gasteiger partial charge is 0.273 e. The maximum absolute atomic E-state index is 10.4. The standard InChI is InChI=1S/C7H5N3O3/c11-10(12)5-1-2-6-7(3-5)13-9-4-8-6/h1-4H,(H,8,9). The van der Waals surface area contributed by atoms with Gasteiger partial charge in [0.15, 0.2) is 5.75 Å². The fraction of sp³-hybridized carbons (Fsp3) is 0. The van der Waals surface area contributed by atoms with E-state index in [9.17, 15) is 10.1 Å². The van der Waals surface area contributed by atoms with Gasteiger partial charge in [-0.25, -0.2) is 10.5 Å². The van der Waals surface area contributed by atoms with Crippen LogP contribution in [0.3, 0.4) is 0 Å². The SMILES string of the molecule is O=[N+]([O-])c1ccc2c(c1)ONC=N2. The highest BCUT2D eigenvalue weighted by Gasteiger charge is 2.13. The first-order valence-corrected chi connectivity index (χ1v) is 3.51. The highest BCUT2D eigenvalue weighted by atomic mass is 16.6. The molecule has 0 aliphatic carbocycles. The molecule has 66 valence electrons. The summed E-state index contributed by atoms with van der Waals surface area (Å²) in [6.07, 6.45) is 1.37. The molecule has 6 nitrogen and oxygen atoms in total. The van der Waals surface area contributed by atoms with Gasteiger partial charge in [0.2, 0.25) is 0 Å². The normalized spacial score (nSPS) is 12.6. The Morgan fingerprint density at radius 3 is 3.15 bits per heavy atom. The third-order valence-corrected chi connectivity index (χ3v) is 1.58. The number of hydroxylamine groups is 1. The van der Waals surface area contributed by atoms with E-state index in [1.165, 1.54) is 24.5 Å². The van der Waals surface area contributed by atoms with Crippen molar-refractivity contribution < 1.29 is 9.76 Å². The predicted octanol–water partition coefficient (Wildman–Crippen LogP) is 1.15. The Hall–Kier alpha value is -2.11. The highest BCUT2D eigenvalue weighted by Crippen LogP contribution is 2.31. The Morgan fingerprint density at radius 2 is 2.38 bits per heavy atom. The van der Waals surface area contributed by atoms with Crippen LogP contribution in [-0.4, -0.2) is 11.3 Å². The van der Waals surface area contributed by atoms with E-state index in [0.717, 1.165) is 0 Å². The quantitative estimate of drug-likeness (QED) is 0.518. The van der Waals surface area contributed by atoms with Crippen molar-refractivity contribution >= 4 is 17.7 Å². The van der Waals surface area contributed by atoms with E-state index in [1.807, 2.05) is 0 Å². The molecule has 1 heterocycles. The molecule has 13 heavy (non-hydrogen) atoms. The molecule has 2 rings (SSSR count). The Balaban J connectivity index is 2.48. The van der Waals surface area contributed by atoms with Crippen LogP contribution in [0.2, 0.25) is 0 Å². The van der Waals surface area contributed by atoms with Crippen molar-refractivity contribution in [2.24, 2.45) is 4.99 Å². The molecule has 1 aliphatic heterocycles. The van der Waals surface area contributed by atoms with Gasteiger partial charge in [-0.05, 0) is 6.07 Å². The molecule has 1 aromatic rings. The second kappa shape index (κ2) is 2.74. The number of nitro groups is 1. The lowest BCUT2D eigenvalue weighted by atomic mass is 10.2. The summed E-state index contributed by atoms with van der Waals surface area (Å²) in [7, 11) is 0. The topological polar surface area (TPSA) is 76.8 Å². The van der Waals surface area contributed by atoms with Crippen molar-refractivity contribution in [2.75, 3.05) is 0 Å². The molecule has 1 aliphatic rings. The van der Waals surface area contributed by atoms with E-state index in [4.69, 9.17) is 4.84 Å². The first-order chi connectivity index (χ1) is 6.27. The Bertz CT molecular complexity index is 389. The van der Waals surface area contributed by atoms with E-state index in [-0.39, 0.29) is 5.69 Å². The summed E-state index contributed by atoms with van der Waals surface area (Å²) in [5.41, 5.74) is 2.95. The highest BCUT2D eigenvalue weighted by molar-refractivity contribution is 5.68. The number of hydrogen-bond donors (Lipinski definition) is 1. The van der Waals surface area contributed by atoms with Crippen molar-refractivity contribution in [2.45, 2.75) is 0 Å². The summed E-state index contributed by atoms with van der Waals surface area (Å²) < 4.78 is 0. The van der Waals surface area contributed by atoms with Crippen molar-refractivity contribution in [3.63, 3.8) is 0 Å². The van der Waals surface area contributed by atoms with Gasteiger partial charge < -0.3 is 4.84 Å². The molecule has 0 radical (unpaired) electrons. The molecule has 0 atom stereocenters. The van der Waals surface area contributed by atoms with Crippen molar-refractivity contribution in [3.05, 3.63) is 28.3 Å². The lowest BCUT2D eigenvalue weighted by Crippen LogP contribution is -2.18. The zero-order chi connectivity index (χ0) is 9.26. The molecule has 0 saturated heterocycles. The molecule has 1 N–H and O–H groups in total. The van der Waals surface area contributed by atoms with Crippen LogP contribution in [0.1, 0.15) is 0 Å². The van der Waals surface area contributed by atoms with Crippen LogP contribution in [-0.2, 0) is 0 Å². The number of hydrogen-bond acceptors (Lipinski definition) is 5. The summed E-state index contributed by atoms with van der Waals surface area (Å²) >= 11 is 0. The molecule has 0 bridgehead atoms. The van der Waals surface area contributed by atoms with Gasteiger partial charge in [-0.3, -0.25) is 10.1 Å². The summed E-state index contributed by atoms with van der Waals surface area (Å²) in [6.45, 7) is 0. The largest absolute Gasteiger partial charge is 0.379 e. The molecular formula is C7H5N3O3. The molecule has 0 amide bonds. The fourth-order valence-corrected chi connectivity index (χ4v) is 0.991. The molecule has 0 spiro atoms. The van der Waals surface area contributed by atoms with Gasteiger partial charge in [0.05, 0.1) is 11.0 Å². The van der Waals surface area contributed by atoms with Gasteiger partial charge in [-0.1, -0.05) is 0 Å². The first-order valence-electron chi connectivity index (χ1n) is 3.51. The average Bonchev–Trinajstić information content (AvgIpc) is 2.17. The van der Waals surface area contributed by atoms with Gasteiger partial charge in [-0.15, -0.1) is 0 Å². The lowest BCUT2D eigenvalue weighted by molar-refractivity contribution is -0.384. The summed E-state index contributed by atoms with van der Waals surface area (Å²) in [4.78, 5) is 18.7. The van der Waals surface area contributed by atoms with Gasteiger partial charge in [0.25, 0.3) is 5.69 Å². The van der Waals surface area contributed by atoms with Gasteiger partial charge >= 0.3 is 0 Å². The minimum Gasteiger partial charge on any atom is -0.379 e. The molecule has 0 saturated carbocycles. The number of fused-ring (bicyclic) bond motifs is 1. The second-order valence-corrected chi connectivity index (χ2v) is 2.39. The molecular weight excluding hydrogens is 174 g/mol. The minimum absolute atomic E-state index is 0.0161. The zero-order valence-electron chi connectivity index (χ0n) is 6.43. The first kappa shape index (κ1) is 7.53. The van der Waals surface area contributed by atoms with Crippen molar-refractivity contribution in [3.8, 4) is 5.75 Å². The maximum Gasteiger partial charge on any atom is 0.273 e. The molecule has 0 fully saturated rings. The van der Waals surface area contributed by atoms with Gasteiger partial charge in [0, 0.05) is 6.07 Å². The van der Waals surface area contributed by atoms with E-state index >= 15 is 0 Å². The van der Waals surface area contributed by atoms with Crippen LogP contribution in [0, 0.1) is 10.1 Å². The zero-order valence-corrected chi connectivity index (χ0v) is 6.43. The van der Waals surface area contributed by atoms with E-state index < -0.39 is 4.92 Å². The monoisotopic (exact) mass is 179 g/mol. The number of nitro benzene ring substituents is 1. The third-order valence-electron chi connectivity index (χ3n) is 1.58. The number of aliphatic imine (C=N–C) groups is 1. The van der Waals surface area contributed by atoms with E-state index in [2.05, 4.69) is 10.5 Å². The van der Waals surface area contributed by atoms with E-state index in [0.29, 0.717) is 11.4 Å². The number of nitrogens with one attached hydrogen (secondary N) is 1. The minimum atomic E-state index is -0.484. The Labute approximate surface area is 73.0 Å². The number of non-ortho nitro benzene ring substituents is 1. The maximum atomic E-state index is 10.4. The van der Waals surface area contributed by atoms with Crippen molar-refractivity contribution in [1.82, 2.24) is 5.48 Å². The van der Waals surface area contributed by atoms with Crippen LogP contribution in [0.25, 0.3) is 0 Å². The van der Waals surface area contributed by atoms with Crippen molar-refractivity contribution in [1.29, 1.82) is 0 Å². The number of rotatable bonds is 1. The molecule has 0 aromatic heterocycles. The van der Waals surface area contributed by atoms with Crippen LogP contribution < -0.4 is 10.3 Å². The van der Waals surface area contributed by atoms with Gasteiger partial charge in [-0.2, -0.15) is 0 Å². The second-order valence-electron chi connectivity index (χ2n) is 2.39. The lowest BCUT2D eigenvalue weighted by Gasteiger charge is -2.10. The van der Waals surface area contributed by atoms with Crippen LogP contribution in [0.5, 0.6) is 5.75 Å². The van der Waals surface area contributed by atoms with Crippen LogP contribution in [0.15, 0.2) is 23.2 Å².